The van der Waals surface area contributed by atoms with Gasteiger partial charge >= 0.3 is 0 Å². The summed E-state index contributed by atoms with van der Waals surface area (Å²) in [5.41, 5.74) is 15.6. The lowest BCUT2D eigenvalue weighted by Gasteiger charge is -2.12. The van der Waals surface area contributed by atoms with Crippen molar-refractivity contribution < 1.29 is 0 Å². The Bertz CT molecular complexity index is 1140. The molecule has 0 aliphatic heterocycles. The van der Waals surface area contributed by atoms with Crippen molar-refractivity contribution in [3.05, 3.63) is 59.7 Å². The van der Waals surface area contributed by atoms with Crippen molar-refractivity contribution in [1.29, 1.82) is 0 Å². The van der Waals surface area contributed by atoms with E-state index in [4.69, 9.17) is 11.5 Å². The molecule has 3 heterocycles. The number of thioether (sulfide) groups is 1. The minimum absolute atomic E-state index is 0.0983. The molecule has 0 radical (unpaired) electrons. The molecule has 146 valence electrons. The Labute approximate surface area is 171 Å². The molecular weight excluding hydrogens is 386 g/mol. The van der Waals surface area contributed by atoms with Crippen LogP contribution in [-0.2, 0) is 5.75 Å². The maximum atomic E-state index is 5.67. The van der Waals surface area contributed by atoms with Gasteiger partial charge in [-0.3, -0.25) is 9.55 Å². The maximum absolute atomic E-state index is 5.67. The molecule has 3 aromatic heterocycles. The lowest BCUT2D eigenvalue weighted by atomic mass is 10.1. The summed E-state index contributed by atoms with van der Waals surface area (Å²) in [7, 11) is 0. The third kappa shape index (κ3) is 4.02. The number of nitrogens with two attached hydrogens (primary N) is 2. The molecule has 10 heteroatoms. The highest BCUT2D eigenvalue weighted by atomic mass is 32.2. The normalized spacial score (nSPS) is 11.0. The first-order chi connectivity index (χ1) is 14.0. The molecule has 1 aromatic carbocycles. The standard InChI is InChI=1S/C19H19N9S/c1-11-3-4-14(9-12(11)2)28-16(13-5-7-22-8-6-13)26-27-19(28)29-10-15-23-17(20)25-18(21)24-15/h3-9H,10H2,1-2H3,(H4,20,21,23,24,25). The zero-order chi connectivity index (χ0) is 20.4. The Hall–Kier alpha value is -3.53. The Morgan fingerprint density at radius 2 is 1.62 bits per heavy atom. The molecule has 4 N–H and O–H groups in total. The molecule has 0 aliphatic carbocycles. The van der Waals surface area contributed by atoms with Crippen LogP contribution in [0.4, 0.5) is 11.9 Å². The molecule has 0 aliphatic rings. The predicted octanol–water partition coefficient (Wildman–Crippen LogP) is 2.59. The molecule has 0 amide bonds. The first kappa shape index (κ1) is 18.8. The predicted molar refractivity (Wildman–Crippen MR) is 112 cm³/mol. The summed E-state index contributed by atoms with van der Waals surface area (Å²) in [6.45, 7) is 4.17. The Morgan fingerprint density at radius 1 is 0.897 bits per heavy atom. The lowest BCUT2D eigenvalue weighted by Crippen LogP contribution is -2.06. The highest BCUT2D eigenvalue weighted by Crippen LogP contribution is 2.30. The summed E-state index contributed by atoms with van der Waals surface area (Å²) in [6.07, 6.45) is 3.47. The molecule has 4 aromatic rings. The number of anilines is 2. The van der Waals surface area contributed by atoms with Gasteiger partial charge in [0.2, 0.25) is 11.9 Å². The van der Waals surface area contributed by atoms with Crippen LogP contribution in [-0.4, -0.2) is 34.7 Å². The molecule has 9 nitrogen and oxygen atoms in total. The zero-order valence-electron chi connectivity index (χ0n) is 15.9. The number of benzene rings is 1. The monoisotopic (exact) mass is 405 g/mol. The van der Waals surface area contributed by atoms with Gasteiger partial charge in [0.1, 0.15) is 5.82 Å². The molecular formula is C19H19N9S. The number of nitrogens with zero attached hydrogens (tertiary/aromatic N) is 7. The van der Waals surface area contributed by atoms with Crippen LogP contribution in [0.3, 0.4) is 0 Å². The van der Waals surface area contributed by atoms with Crippen molar-refractivity contribution >= 4 is 23.7 Å². The molecule has 0 unspecified atom stereocenters. The van der Waals surface area contributed by atoms with Crippen LogP contribution in [0.5, 0.6) is 0 Å². The number of hydrogen-bond donors (Lipinski definition) is 2. The van der Waals surface area contributed by atoms with Crippen LogP contribution < -0.4 is 11.5 Å². The first-order valence-corrected chi connectivity index (χ1v) is 9.82. The van der Waals surface area contributed by atoms with Crippen LogP contribution in [0.25, 0.3) is 17.1 Å². The van der Waals surface area contributed by atoms with Crippen molar-refractivity contribution in [1.82, 2.24) is 34.7 Å². The fraction of sp³-hybridized carbons (Fsp3) is 0.158. The third-order valence-corrected chi connectivity index (χ3v) is 5.29. The first-order valence-electron chi connectivity index (χ1n) is 8.83. The second kappa shape index (κ2) is 7.84. The van der Waals surface area contributed by atoms with E-state index >= 15 is 0 Å². The van der Waals surface area contributed by atoms with E-state index in [0.717, 1.165) is 17.1 Å². The highest BCUT2D eigenvalue weighted by molar-refractivity contribution is 7.98. The number of pyridine rings is 1. The molecule has 29 heavy (non-hydrogen) atoms. The van der Waals surface area contributed by atoms with Gasteiger partial charge in [0.25, 0.3) is 0 Å². The number of hydrogen-bond acceptors (Lipinski definition) is 9. The van der Waals surface area contributed by atoms with Gasteiger partial charge in [-0.25, -0.2) is 0 Å². The summed E-state index contributed by atoms with van der Waals surface area (Å²) < 4.78 is 2.01. The number of aryl methyl sites for hydroxylation is 2. The average molecular weight is 405 g/mol. The molecule has 0 atom stereocenters. The third-order valence-electron chi connectivity index (χ3n) is 4.37. The fourth-order valence-corrected chi connectivity index (χ4v) is 3.61. The molecule has 0 fully saturated rings. The number of aromatic nitrogens is 7. The maximum Gasteiger partial charge on any atom is 0.225 e. The van der Waals surface area contributed by atoms with E-state index in [1.807, 2.05) is 16.7 Å². The van der Waals surface area contributed by atoms with Gasteiger partial charge < -0.3 is 11.5 Å². The Balaban J connectivity index is 1.75. The minimum Gasteiger partial charge on any atom is -0.368 e. The van der Waals surface area contributed by atoms with Gasteiger partial charge in [-0.2, -0.15) is 15.0 Å². The highest BCUT2D eigenvalue weighted by Gasteiger charge is 2.17. The van der Waals surface area contributed by atoms with Crippen LogP contribution in [0, 0.1) is 13.8 Å². The van der Waals surface area contributed by atoms with E-state index in [2.05, 4.69) is 62.2 Å². The summed E-state index contributed by atoms with van der Waals surface area (Å²) in [5, 5.41) is 9.53. The van der Waals surface area contributed by atoms with Gasteiger partial charge in [0.15, 0.2) is 11.0 Å². The van der Waals surface area contributed by atoms with Gasteiger partial charge in [-0.15, -0.1) is 10.2 Å². The van der Waals surface area contributed by atoms with Gasteiger partial charge in [0, 0.05) is 18.0 Å². The van der Waals surface area contributed by atoms with Crippen LogP contribution in [0.2, 0.25) is 0 Å². The van der Waals surface area contributed by atoms with E-state index in [9.17, 15) is 0 Å². The number of nitrogen functional groups attached to an aromatic ring is 2. The average Bonchev–Trinajstić information content (AvgIpc) is 3.12. The van der Waals surface area contributed by atoms with Crippen molar-refractivity contribution in [2.45, 2.75) is 24.8 Å². The molecule has 0 spiro atoms. The largest absolute Gasteiger partial charge is 0.368 e. The summed E-state index contributed by atoms with van der Waals surface area (Å²) >= 11 is 1.45. The van der Waals surface area contributed by atoms with Crippen LogP contribution in [0.1, 0.15) is 17.0 Å². The van der Waals surface area contributed by atoms with Crippen molar-refractivity contribution in [3.8, 4) is 17.1 Å². The summed E-state index contributed by atoms with van der Waals surface area (Å²) in [5.74, 6) is 1.84. The number of rotatable bonds is 5. The van der Waals surface area contributed by atoms with Crippen molar-refractivity contribution in [2.24, 2.45) is 0 Å². The molecule has 0 saturated heterocycles. The van der Waals surface area contributed by atoms with E-state index in [-0.39, 0.29) is 11.9 Å². The summed E-state index contributed by atoms with van der Waals surface area (Å²) in [4.78, 5) is 16.2. The molecule has 0 saturated carbocycles. The van der Waals surface area contributed by atoms with Crippen LogP contribution in [0.15, 0.2) is 47.9 Å². The Morgan fingerprint density at radius 3 is 2.31 bits per heavy atom. The quantitative estimate of drug-likeness (QED) is 0.480. The fourth-order valence-electron chi connectivity index (χ4n) is 2.80. The van der Waals surface area contributed by atoms with Crippen LogP contribution >= 0.6 is 11.8 Å². The second-order valence-corrected chi connectivity index (χ2v) is 7.35. The Kier molecular flexibility index (Phi) is 5.09. The van der Waals surface area contributed by atoms with Gasteiger partial charge in [-0.05, 0) is 49.2 Å². The van der Waals surface area contributed by atoms with Crippen molar-refractivity contribution in [3.63, 3.8) is 0 Å². The summed E-state index contributed by atoms with van der Waals surface area (Å²) in [6, 6.07) is 10.1. The van der Waals surface area contributed by atoms with Gasteiger partial charge in [0.05, 0.1) is 11.4 Å². The topological polar surface area (TPSA) is 134 Å². The minimum atomic E-state index is 0.0983. The molecule has 4 rings (SSSR count). The zero-order valence-corrected chi connectivity index (χ0v) is 16.8. The SMILES string of the molecule is Cc1ccc(-n2c(SCc3nc(N)nc(N)n3)nnc2-c2ccncc2)cc1C. The molecule has 0 bridgehead atoms. The van der Waals surface area contributed by atoms with E-state index in [1.165, 1.54) is 22.9 Å². The second-order valence-electron chi connectivity index (χ2n) is 6.40. The van der Waals surface area contributed by atoms with Crippen molar-refractivity contribution in [2.75, 3.05) is 11.5 Å². The van der Waals surface area contributed by atoms with Gasteiger partial charge in [-0.1, -0.05) is 17.8 Å². The van der Waals surface area contributed by atoms with E-state index in [1.54, 1.807) is 12.4 Å². The van der Waals surface area contributed by atoms with E-state index in [0.29, 0.717) is 16.7 Å². The smallest absolute Gasteiger partial charge is 0.225 e. The lowest BCUT2D eigenvalue weighted by molar-refractivity contribution is 0.880. The van der Waals surface area contributed by atoms with E-state index < -0.39 is 0 Å².